The SMILES string of the molecule is N#Cc1cc(I)c(OCc2nnsc2Cl)c([N+](=O)[O-])c1. The second-order valence-corrected chi connectivity index (χ2v) is 5.98. The topological polar surface area (TPSA) is 102 Å². The number of nitrogens with zero attached hydrogens (tertiary/aromatic N) is 4. The zero-order valence-corrected chi connectivity index (χ0v) is 13.3. The summed E-state index contributed by atoms with van der Waals surface area (Å²) in [5.41, 5.74) is 0.334. The van der Waals surface area contributed by atoms with E-state index in [9.17, 15) is 10.1 Å². The van der Waals surface area contributed by atoms with Crippen LogP contribution < -0.4 is 4.74 Å². The van der Waals surface area contributed by atoms with Crippen molar-refractivity contribution in [1.29, 1.82) is 5.26 Å². The minimum Gasteiger partial charge on any atom is -0.479 e. The van der Waals surface area contributed by atoms with Gasteiger partial charge in [0.15, 0.2) is 0 Å². The van der Waals surface area contributed by atoms with Gasteiger partial charge in [0.05, 0.1) is 20.1 Å². The Balaban J connectivity index is 2.34. The van der Waals surface area contributed by atoms with E-state index in [1.165, 1.54) is 12.1 Å². The highest BCUT2D eigenvalue weighted by Gasteiger charge is 2.21. The molecule has 20 heavy (non-hydrogen) atoms. The summed E-state index contributed by atoms with van der Waals surface area (Å²) >= 11 is 8.71. The number of ether oxygens (including phenoxy) is 1. The molecule has 0 N–H and O–H groups in total. The Morgan fingerprint density at radius 2 is 2.35 bits per heavy atom. The number of rotatable bonds is 4. The highest BCUT2D eigenvalue weighted by Crippen LogP contribution is 2.34. The molecule has 0 fully saturated rings. The normalized spacial score (nSPS) is 10.1. The second kappa shape index (κ2) is 6.29. The second-order valence-electron chi connectivity index (χ2n) is 3.46. The molecule has 7 nitrogen and oxygen atoms in total. The monoisotopic (exact) mass is 422 g/mol. The first-order valence-corrected chi connectivity index (χ1v) is 7.23. The smallest absolute Gasteiger partial charge is 0.313 e. The van der Waals surface area contributed by atoms with Gasteiger partial charge in [-0.1, -0.05) is 16.1 Å². The number of halogens is 2. The van der Waals surface area contributed by atoms with Crippen molar-refractivity contribution < 1.29 is 9.66 Å². The van der Waals surface area contributed by atoms with Crippen molar-refractivity contribution in [2.24, 2.45) is 0 Å². The van der Waals surface area contributed by atoms with E-state index in [-0.39, 0.29) is 23.6 Å². The predicted octanol–water partition coefficient (Wildman–Crippen LogP) is 3.15. The predicted molar refractivity (Wildman–Crippen MR) is 79.8 cm³/mol. The van der Waals surface area contributed by atoms with Crippen molar-refractivity contribution in [3.05, 3.63) is 41.4 Å². The molecule has 0 unspecified atom stereocenters. The zero-order valence-electron chi connectivity index (χ0n) is 9.54. The minimum atomic E-state index is -0.598. The Kier molecular flexibility index (Phi) is 4.69. The van der Waals surface area contributed by atoms with Gasteiger partial charge in [0, 0.05) is 17.6 Å². The van der Waals surface area contributed by atoms with E-state index >= 15 is 0 Å². The number of benzene rings is 1. The van der Waals surface area contributed by atoms with Crippen LogP contribution in [-0.4, -0.2) is 14.5 Å². The first-order chi connectivity index (χ1) is 9.52. The molecule has 0 aliphatic carbocycles. The molecule has 0 saturated carbocycles. The van der Waals surface area contributed by atoms with Crippen LogP contribution in [0.3, 0.4) is 0 Å². The maximum Gasteiger partial charge on any atom is 0.313 e. The third kappa shape index (κ3) is 3.14. The molecule has 0 amide bonds. The quantitative estimate of drug-likeness (QED) is 0.426. The van der Waals surface area contributed by atoms with Crippen LogP contribution >= 0.6 is 45.7 Å². The Morgan fingerprint density at radius 1 is 1.60 bits per heavy atom. The molecule has 2 rings (SSSR count). The molecule has 0 spiro atoms. The summed E-state index contributed by atoms with van der Waals surface area (Å²) in [4.78, 5) is 10.4. The lowest BCUT2D eigenvalue weighted by Gasteiger charge is -2.07. The molecular formula is C10H4ClIN4O3S. The Hall–Kier alpha value is -1.51. The van der Waals surface area contributed by atoms with Gasteiger partial charge in [0.1, 0.15) is 16.6 Å². The van der Waals surface area contributed by atoms with E-state index in [4.69, 9.17) is 21.6 Å². The van der Waals surface area contributed by atoms with Crippen molar-refractivity contribution in [3.8, 4) is 11.8 Å². The lowest BCUT2D eigenvalue weighted by Crippen LogP contribution is -2.02. The zero-order chi connectivity index (χ0) is 14.7. The number of aromatic nitrogens is 2. The van der Waals surface area contributed by atoms with Crippen molar-refractivity contribution in [2.45, 2.75) is 6.61 Å². The summed E-state index contributed by atoms with van der Waals surface area (Å²) in [6.07, 6.45) is 0. The molecule has 0 aliphatic heterocycles. The summed E-state index contributed by atoms with van der Waals surface area (Å²) in [5.74, 6) is 0.0821. The molecule has 1 aromatic carbocycles. The molecule has 2 aromatic rings. The van der Waals surface area contributed by atoms with Crippen molar-refractivity contribution in [1.82, 2.24) is 9.59 Å². The molecule has 1 aromatic heterocycles. The van der Waals surface area contributed by atoms with Crippen LogP contribution in [0.15, 0.2) is 12.1 Å². The minimum absolute atomic E-state index is 0.0297. The van der Waals surface area contributed by atoms with Gasteiger partial charge in [0.25, 0.3) is 0 Å². The maximum absolute atomic E-state index is 11.0. The van der Waals surface area contributed by atoms with Gasteiger partial charge in [-0.2, -0.15) is 5.26 Å². The van der Waals surface area contributed by atoms with Gasteiger partial charge in [-0.15, -0.1) is 5.10 Å². The molecule has 102 valence electrons. The summed E-state index contributed by atoms with van der Waals surface area (Å²) in [5, 5.41) is 23.6. The number of nitro benzene ring substituents is 1. The van der Waals surface area contributed by atoms with E-state index in [0.29, 0.717) is 13.6 Å². The Labute approximate surface area is 135 Å². The standard InChI is InChI=1S/C10H4ClIN4O3S/c11-10-7(14-15-20-10)4-19-9-6(12)1-5(3-13)2-8(9)16(17)18/h1-2H,4H2. The van der Waals surface area contributed by atoms with Gasteiger partial charge in [-0.3, -0.25) is 10.1 Å². The van der Waals surface area contributed by atoms with Gasteiger partial charge in [-0.05, 0) is 28.7 Å². The summed E-state index contributed by atoms with van der Waals surface area (Å²) in [7, 11) is 0. The van der Waals surface area contributed by atoms with Gasteiger partial charge < -0.3 is 4.74 Å². The third-order valence-electron chi connectivity index (χ3n) is 2.21. The molecule has 0 bridgehead atoms. The van der Waals surface area contributed by atoms with Gasteiger partial charge in [-0.25, -0.2) is 0 Å². The van der Waals surface area contributed by atoms with Crippen LogP contribution in [0.4, 0.5) is 5.69 Å². The van der Waals surface area contributed by atoms with Crippen LogP contribution in [0.5, 0.6) is 5.75 Å². The first kappa shape index (κ1) is 14.9. The van der Waals surface area contributed by atoms with Crippen LogP contribution in [0, 0.1) is 25.0 Å². The summed E-state index contributed by atoms with van der Waals surface area (Å²) in [6, 6.07) is 4.53. The highest BCUT2D eigenvalue weighted by molar-refractivity contribution is 14.1. The molecular weight excluding hydrogens is 419 g/mol. The van der Waals surface area contributed by atoms with E-state index in [0.717, 1.165) is 11.5 Å². The molecule has 0 aliphatic rings. The number of hydrogen-bond donors (Lipinski definition) is 0. The van der Waals surface area contributed by atoms with E-state index in [2.05, 4.69) is 9.59 Å². The van der Waals surface area contributed by atoms with Crippen molar-refractivity contribution in [3.63, 3.8) is 0 Å². The fourth-order valence-electron chi connectivity index (χ4n) is 1.35. The fraction of sp³-hybridized carbons (Fsp3) is 0.100. The van der Waals surface area contributed by atoms with Gasteiger partial charge >= 0.3 is 5.69 Å². The lowest BCUT2D eigenvalue weighted by molar-refractivity contribution is -0.386. The molecule has 0 radical (unpaired) electrons. The first-order valence-electron chi connectivity index (χ1n) is 5.00. The lowest BCUT2D eigenvalue weighted by atomic mass is 10.2. The molecule has 10 heteroatoms. The van der Waals surface area contributed by atoms with Gasteiger partial charge in [0.2, 0.25) is 5.75 Å². The maximum atomic E-state index is 11.0. The summed E-state index contributed by atoms with van der Waals surface area (Å²) in [6.45, 7) is -0.0297. The van der Waals surface area contributed by atoms with Crippen LogP contribution in [0.2, 0.25) is 4.34 Å². The van der Waals surface area contributed by atoms with Crippen molar-refractivity contribution in [2.75, 3.05) is 0 Å². The Morgan fingerprint density at radius 3 is 2.90 bits per heavy atom. The average Bonchev–Trinajstić information content (AvgIpc) is 2.82. The average molecular weight is 423 g/mol. The van der Waals surface area contributed by atoms with Crippen LogP contribution in [-0.2, 0) is 6.61 Å². The third-order valence-corrected chi connectivity index (χ3v) is 4.00. The van der Waals surface area contributed by atoms with Crippen LogP contribution in [0.1, 0.15) is 11.3 Å². The van der Waals surface area contributed by atoms with E-state index in [1.807, 2.05) is 28.7 Å². The number of hydrogen-bond acceptors (Lipinski definition) is 7. The van der Waals surface area contributed by atoms with Crippen LogP contribution in [0.25, 0.3) is 0 Å². The van der Waals surface area contributed by atoms with Crippen molar-refractivity contribution >= 4 is 51.4 Å². The number of nitro groups is 1. The molecule has 0 saturated heterocycles. The summed E-state index contributed by atoms with van der Waals surface area (Å²) < 4.78 is 9.89. The Bertz CT molecular complexity index is 715. The number of nitriles is 1. The fourth-order valence-corrected chi connectivity index (χ4v) is 2.71. The largest absolute Gasteiger partial charge is 0.479 e. The van der Waals surface area contributed by atoms with E-state index in [1.54, 1.807) is 0 Å². The molecule has 0 atom stereocenters. The molecule has 1 heterocycles. The highest BCUT2D eigenvalue weighted by atomic mass is 127. The van der Waals surface area contributed by atoms with E-state index < -0.39 is 4.92 Å².